The van der Waals surface area contributed by atoms with Gasteiger partial charge in [0, 0.05) is 10.0 Å². The average molecular weight is 503 g/mol. The van der Waals surface area contributed by atoms with Crippen molar-refractivity contribution in [1.29, 1.82) is 0 Å². The van der Waals surface area contributed by atoms with Crippen LogP contribution in [-0.4, -0.2) is 23.8 Å². The van der Waals surface area contributed by atoms with Crippen molar-refractivity contribution >= 4 is 50.6 Å². The van der Waals surface area contributed by atoms with Gasteiger partial charge in [0.1, 0.15) is 11.5 Å². The lowest BCUT2D eigenvalue weighted by molar-refractivity contribution is -0.123. The molecule has 5 nitrogen and oxygen atoms in total. The number of carbonyl (C=O) groups excluding carboxylic acids is 1. The molecule has 0 aliphatic heterocycles. The van der Waals surface area contributed by atoms with E-state index in [0.29, 0.717) is 14.9 Å². The lowest BCUT2D eigenvalue weighted by Gasteiger charge is -2.08. The summed E-state index contributed by atoms with van der Waals surface area (Å²) in [6, 6.07) is 9.24. The van der Waals surface area contributed by atoms with Crippen LogP contribution in [0, 0.1) is 17.4 Å². The van der Waals surface area contributed by atoms with Gasteiger partial charge >= 0.3 is 0 Å². The zero-order valence-electron chi connectivity index (χ0n) is 13.1. The fourth-order valence-electron chi connectivity index (χ4n) is 1.99. The zero-order chi connectivity index (χ0) is 17.7. The molecular weight excluding hydrogens is 487 g/mol. The Kier molecular flexibility index (Phi) is 6.61. The zero-order valence-corrected chi connectivity index (χ0v) is 16.9. The van der Waals surface area contributed by atoms with E-state index in [-0.39, 0.29) is 18.3 Å². The fourth-order valence-corrected chi connectivity index (χ4v) is 3.55. The van der Waals surface area contributed by atoms with Crippen LogP contribution in [0.2, 0.25) is 0 Å². The highest BCUT2D eigenvalue weighted by Crippen LogP contribution is 2.27. The molecule has 0 heterocycles. The van der Waals surface area contributed by atoms with Crippen LogP contribution in [-0.2, 0) is 4.79 Å². The van der Waals surface area contributed by atoms with Crippen molar-refractivity contribution < 1.29 is 14.6 Å². The van der Waals surface area contributed by atoms with Gasteiger partial charge in [-0.15, -0.1) is 0 Å². The van der Waals surface area contributed by atoms with Gasteiger partial charge < -0.3 is 9.84 Å². The van der Waals surface area contributed by atoms with Gasteiger partial charge in [-0.1, -0.05) is 33.6 Å². The minimum absolute atomic E-state index is 0.114. The van der Waals surface area contributed by atoms with Crippen LogP contribution in [0.4, 0.5) is 0 Å². The predicted octanol–water partition coefficient (Wildman–Crippen LogP) is 3.91. The van der Waals surface area contributed by atoms with Crippen LogP contribution in [0.3, 0.4) is 0 Å². The van der Waals surface area contributed by atoms with Crippen molar-refractivity contribution in [2.45, 2.75) is 13.8 Å². The number of halogens is 2. The molecule has 0 aromatic heterocycles. The first-order chi connectivity index (χ1) is 11.4. The van der Waals surface area contributed by atoms with Crippen molar-refractivity contribution in [3.63, 3.8) is 0 Å². The number of aryl methyl sites for hydroxylation is 2. The third-order valence-electron chi connectivity index (χ3n) is 3.14. The second-order valence-corrected chi connectivity index (χ2v) is 7.25. The second kappa shape index (κ2) is 8.48. The normalized spacial score (nSPS) is 10.8. The Morgan fingerprint density at radius 3 is 2.83 bits per heavy atom. The van der Waals surface area contributed by atoms with Gasteiger partial charge in [0.25, 0.3) is 5.91 Å². The molecule has 0 bridgehead atoms. The molecule has 0 aliphatic rings. The maximum atomic E-state index is 11.8. The highest BCUT2D eigenvalue weighted by atomic mass is 127. The third-order valence-corrected chi connectivity index (χ3v) is 4.42. The maximum absolute atomic E-state index is 11.8. The second-order valence-electron chi connectivity index (χ2n) is 5.18. The molecule has 0 saturated carbocycles. The first-order valence-electron chi connectivity index (χ1n) is 7.07. The van der Waals surface area contributed by atoms with E-state index in [0.717, 1.165) is 15.6 Å². The Labute approximate surface area is 162 Å². The molecule has 126 valence electrons. The highest BCUT2D eigenvalue weighted by Gasteiger charge is 2.06. The standard InChI is InChI=1S/C17H16BrIN2O3/c1-10-3-4-15(11(2)5-10)24-9-16(22)21-20-8-12-6-13(18)7-14(19)17(12)23/h3-8,23H,9H2,1-2H3,(H,21,22)/b20-8-. The van der Waals surface area contributed by atoms with E-state index in [1.807, 2.05) is 54.6 Å². The summed E-state index contributed by atoms with van der Waals surface area (Å²) in [5, 5.41) is 13.8. The van der Waals surface area contributed by atoms with Gasteiger partial charge in [-0.25, -0.2) is 5.43 Å². The summed E-state index contributed by atoms with van der Waals surface area (Å²) in [6.45, 7) is 3.79. The van der Waals surface area contributed by atoms with Crippen molar-refractivity contribution in [3.8, 4) is 11.5 Å². The van der Waals surface area contributed by atoms with E-state index >= 15 is 0 Å². The van der Waals surface area contributed by atoms with E-state index in [9.17, 15) is 9.90 Å². The molecule has 0 aliphatic carbocycles. The molecule has 24 heavy (non-hydrogen) atoms. The quantitative estimate of drug-likeness (QED) is 0.370. The molecule has 0 fully saturated rings. The van der Waals surface area contributed by atoms with Gasteiger partial charge in [0.05, 0.1) is 9.78 Å². The smallest absolute Gasteiger partial charge is 0.277 e. The fraction of sp³-hybridized carbons (Fsp3) is 0.176. The van der Waals surface area contributed by atoms with Crippen molar-refractivity contribution in [1.82, 2.24) is 5.43 Å². The molecule has 0 radical (unpaired) electrons. The van der Waals surface area contributed by atoms with E-state index in [1.165, 1.54) is 6.21 Å². The summed E-state index contributed by atoms with van der Waals surface area (Å²) in [5.74, 6) is 0.401. The monoisotopic (exact) mass is 502 g/mol. The largest absolute Gasteiger partial charge is 0.506 e. The van der Waals surface area contributed by atoms with Crippen molar-refractivity contribution in [2.24, 2.45) is 5.10 Å². The Morgan fingerprint density at radius 1 is 1.38 bits per heavy atom. The number of benzene rings is 2. The van der Waals surface area contributed by atoms with E-state index < -0.39 is 0 Å². The predicted molar refractivity (Wildman–Crippen MR) is 106 cm³/mol. The number of hydrazone groups is 1. The number of ether oxygens (including phenoxy) is 1. The Hall–Kier alpha value is -1.61. The molecule has 0 spiro atoms. The number of nitrogens with one attached hydrogen (secondary N) is 1. The number of hydrogen-bond acceptors (Lipinski definition) is 4. The summed E-state index contributed by atoms with van der Waals surface area (Å²) in [7, 11) is 0. The molecule has 0 unspecified atom stereocenters. The van der Waals surface area contributed by atoms with Crippen LogP contribution >= 0.6 is 38.5 Å². The molecule has 7 heteroatoms. The highest BCUT2D eigenvalue weighted by molar-refractivity contribution is 14.1. The summed E-state index contributed by atoms with van der Waals surface area (Å²) in [6.07, 6.45) is 1.39. The summed E-state index contributed by atoms with van der Waals surface area (Å²) < 4.78 is 6.98. The van der Waals surface area contributed by atoms with Crippen LogP contribution in [0.1, 0.15) is 16.7 Å². The Balaban J connectivity index is 1.91. The number of aromatic hydroxyl groups is 1. The Bertz CT molecular complexity index is 794. The van der Waals surface area contributed by atoms with Gasteiger partial charge in [0.2, 0.25) is 0 Å². The van der Waals surface area contributed by atoms with Crippen molar-refractivity contribution in [3.05, 3.63) is 55.1 Å². The number of amides is 1. The Morgan fingerprint density at radius 2 is 2.12 bits per heavy atom. The number of nitrogens with zero attached hydrogens (tertiary/aromatic N) is 1. The number of carbonyl (C=O) groups is 1. The number of phenolic OH excluding ortho intramolecular Hbond substituents is 1. The third kappa shape index (κ3) is 5.20. The number of phenols is 1. The molecule has 2 rings (SSSR count). The first-order valence-corrected chi connectivity index (χ1v) is 8.94. The first kappa shape index (κ1) is 18.7. The molecule has 0 atom stereocenters. The van der Waals surface area contributed by atoms with Gasteiger partial charge in [-0.3, -0.25) is 4.79 Å². The molecule has 0 saturated heterocycles. The number of rotatable bonds is 5. The average Bonchev–Trinajstić information content (AvgIpc) is 2.51. The van der Waals surface area contributed by atoms with E-state index in [2.05, 4.69) is 26.5 Å². The summed E-state index contributed by atoms with van der Waals surface area (Å²) in [4.78, 5) is 11.8. The van der Waals surface area contributed by atoms with Gasteiger partial charge in [0.15, 0.2) is 6.61 Å². The van der Waals surface area contributed by atoms with Gasteiger partial charge in [-0.2, -0.15) is 5.10 Å². The van der Waals surface area contributed by atoms with E-state index in [1.54, 1.807) is 12.1 Å². The lowest BCUT2D eigenvalue weighted by Crippen LogP contribution is -2.24. The van der Waals surface area contributed by atoms with Crippen LogP contribution in [0.5, 0.6) is 11.5 Å². The summed E-state index contributed by atoms with van der Waals surface area (Å²) in [5.41, 5.74) is 4.99. The molecule has 2 aromatic rings. The number of hydrogen-bond donors (Lipinski definition) is 2. The van der Waals surface area contributed by atoms with Crippen LogP contribution < -0.4 is 10.2 Å². The minimum Gasteiger partial charge on any atom is -0.506 e. The SMILES string of the molecule is Cc1ccc(OCC(=O)N/N=C\c2cc(Br)cc(I)c2O)c(C)c1. The topological polar surface area (TPSA) is 70.9 Å². The van der Waals surface area contributed by atoms with Crippen LogP contribution in [0.15, 0.2) is 39.9 Å². The molecule has 1 amide bonds. The van der Waals surface area contributed by atoms with Crippen molar-refractivity contribution in [2.75, 3.05) is 6.61 Å². The lowest BCUT2D eigenvalue weighted by atomic mass is 10.1. The molecular formula is C17H16BrIN2O3. The summed E-state index contributed by atoms with van der Waals surface area (Å²) >= 11 is 5.36. The minimum atomic E-state index is -0.379. The maximum Gasteiger partial charge on any atom is 0.277 e. The molecule has 2 N–H and O–H groups in total. The van der Waals surface area contributed by atoms with E-state index in [4.69, 9.17) is 4.74 Å². The van der Waals surface area contributed by atoms with Crippen LogP contribution in [0.25, 0.3) is 0 Å². The molecule has 2 aromatic carbocycles. The van der Waals surface area contributed by atoms with Gasteiger partial charge in [-0.05, 0) is 60.2 Å².